The lowest BCUT2D eigenvalue weighted by Crippen LogP contribution is -2.55. The Morgan fingerprint density at radius 2 is 1.10 bits per heavy atom. The van der Waals surface area contributed by atoms with Gasteiger partial charge in [-0.3, -0.25) is 0 Å². The Kier molecular flexibility index (Phi) is 12.6. The van der Waals surface area contributed by atoms with Crippen LogP contribution in [0.1, 0.15) is 58.2 Å². The molecule has 8 heteroatoms. The third-order valence-corrected chi connectivity index (χ3v) is 19.6. The molecule has 1 aliphatic rings. The first kappa shape index (κ1) is 39.2. The van der Waals surface area contributed by atoms with Gasteiger partial charge in [0.1, 0.15) is 42.9 Å². The van der Waals surface area contributed by atoms with Crippen LogP contribution in [0.5, 0.6) is 0 Å². The molecule has 1 fully saturated rings. The first-order chi connectivity index (χ1) is 23.0. The SMILES string of the molecule is C#C[C@H](OCOC)[C@H]1O[C@H](COC(c2ccccc2)(c2ccccc2)c2ccccc2)[C@@H](O[Si](C)(C)C(C)(C)C)[C@@H]1O[Si](C)(C)C(C)(C)C. The van der Waals surface area contributed by atoms with Crippen molar-refractivity contribution < 1.29 is 27.8 Å². The molecular weight excluding hydrogens is 645 g/mol. The largest absolute Gasteiger partial charge is 0.408 e. The zero-order valence-corrected chi connectivity index (χ0v) is 33.5. The minimum Gasteiger partial charge on any atom is -0.408 e. The first-order valence-electron chi connectivity index (χ1n) is 17.4. The quantitative estimate of drug-likeness (QED) is 0.0723. The number of ether oxygens (including phenoxy) is 4. The third-order valence-electron chi connectivity index (χ3n) is 10.7. The summed E-state index contributed by atoms with van der Waals surface area (Å²) in [5, 5.41) is -0.117. The second-order valence-corrected chi connectivity index (χ2v) is 25.6. The van der Waals surface area contributed by atoms with Gasteiger partial charge in [0.05, 0.1) is 6.61 Å². The molecule has 0 aromatic heterocycles. The van der Waals surface area contributed by atoms with Gasteiger partial charge in [0.2, 0.25) is 0 Å². The molecule has 0 saturated carbocycles. The predicted molar refractivity (Wildman–Crippen MR) is 204 cm³/mol. The topological polar surface area (TPSA) is 55.4 Å². The van der Waals surface area contributed by atoms with E-state index in [1.165, 1.54) is 0 Å². The zero-order chi connectivity index (χ0) is 36.1. The molecule has 0 N–H and O–H groups in total. The predicted octanol–water partition coefficient (Wildman–Crippen LogP) is 9.17. The van der Waals surface area contributed by atoms with Crippen LogP contribution in [0.3, 0.4) is 0 Å². The summed E-state index contributed by atoms with van der Waals surface area (Å²) in [5.74, 6) is 2.84. The molecule has 0 amide bonds. The number of terminal acetylenes is 1. The van der Waals surface area contributed by atoms with Gasteiger partial charge < -0.3 is 27.8 Å². The third kappa shape index (κ3) is 8.66. The van der Waals surface area contributed by atoms with Crippen molar-refractivity contribution in [2.24, 2.45) is 0 Å². The maximum absolute atomic E-state index is 7.34. The lowest BCUT2D eigenvalue weighted by Gasteiger charge is -2.44. The molecule has 3 aromatic carbocycles. The van der Waals surface area contributed by atoms with Gasteiger partial charge in [0, 0.05) is 7.11 Å². The molecule has 266 valence electrons. The maximum atomic E-state index is 7.34. The number of hydrogen-bond donors (Lipinski definition) is 0. The van der Waals surface area contributed by atoms with Gasteiger partial charge >= 0.3 is 0 Å². The smallest absolute Gasteiger partial charge is 0.192 e. The van der Waals surface area contributed by atoms with Crippen molar-refractivity contribution in [1.29, 1.82) is 0 Å². The highest BCUT2D eigenvalue weighted by molar-refractivity contribution is 6.74. The molecule has 1 saturated heterocycles. The van der Waals surface area contributed by atoms with Crippen molar-refractivity contribution in [2.75, 3.05) is 20.5 Å². The fourth-order valence-electron chi connectivity index (χ4n) is 5.80. The van der Waals surface area contributed by atoms with E-state index in [9.17, 15) is 0 Å². The molecule has 0 spiro atoms. The van der Waals surface area contributed by atoms with Gasteiger partial charge in [-0.1, -0.05) is 138 Å². The van der Waals surface area contributed by atoms with Crippen molar-refractivity contribution in [3.63, 3.8) is 0 Å². The zero-order valence-electron chi connectivity index (χ0n) is 31.5. The minimum atomic E-state index is -2.36. The van der Waals surface area contributed by atoms with Gasteiger partial charge in [0.15, 0.2) is 16.6 Å². The van der Waals surface area contributed by atoms with Crippen molar-refractivity contribution in [3.8, 4) is 12.3 Å². The van der Waals surface area contributed by atoms with E-state index < -0.39 is 52.8 Å². The number of methoxy groups -OCH3 is 1. The molecule has 5 atom stereocenters. The lowest BCUT2D eigenvalue weighted by atomic mass is 9.80. The Hall–Kier alpha value is -2.59. The number of rotatable bonds is 14. The van der Waals surface area contributed by atoms with Crippen molar-refractivity contribution >= 4 is 16.6 Å². The lowest BCUT2D eigenvalue weighted by molar-refractivity contribution is -0.129. The molecule has 0 radical (unpaired) electrons. The van der Waals surface area contributed by atoms with E-state index in [1.807, 2.05) is 18.2 Å². The molecule has 0 aliphatic carbocycles. The van der Waals surface area contributed by atoms with Crippen LogP contribution in [0.25, 0.3) is 0 Å². The maximum Gasteiger partial charge on any atom is 0.192 e. The van der Waals surface area contributed by atoms with Crippen LogP contribution in [-0.4, -0.2) is 67.7 Å². The fraction of sp³-hybridized carbons (Fsp3) is 0.512. The molecule has 49 heavy (non-hydrogen) atoms. The van der Waals surface area contributed by atoms with E-state index in [0.717, 1.165) is 16.7 Å². The Balaban J connectivity index is 1.87. The first-order valence-corrected chi connectivity index (χ1v) is 23.2. The Labute approximate surface area is 298 Å². The Morgan fingerprint density at radius 3 is 1.47 bits per heavy atom. The molecule has 0 bridgehead atoms. The summed E-state index contributed by atoms with van der Waals surface area (Å²) < 4.78 is 40.3. The van der Waals surface area contributed by atoms with E-state index in [-0.39, 0.29) is 23.5 Å². The van der Waals surface area contributed by atoms with Crippen molar-refractivity contribution in [2.45, 2.75) is 114 Å². The summed E-state index contributed by atoms with van der Waals surface area (Å²) in [5.41, 5.74) is 2.12. The Morgan fingerprint density at radius 1 is 0.694 bits per heavy atom. The van der Waals surface area contributed by atoms with Crippen LogP contribution in [0.4, 0.5) is 0 Å². The minimum absolute atomic E-state index is 0.0373. The van der Waals surface area contributed by atoms with Crippen LogP contribution >= 0.6 is 0 Å². The van der Waals surface area contributed by atoms with Gasteiger partial charge in [-0.05, 0) is 53.0 Å². The summed E-state index contributed by atoms with van der Waals surface area (Å²) in [4.78, 5) is 0. The van der Waals surface area contributed by atoms with Crippen LogP contribution in [0, 0.1) is 12.3 Å². The molecule has 6 nitrogen and oxygen atoms in total. The fourth-order valence-corrected chi connectivity index (χ4v) is 8.42. The van der Waals surface area contributed by atoms with Crippen LogP contribution < -0.4 is 0 Å². The van der Waals surface area contributed by atoms with E-state index in [2.05, 4.69) is 146 Å². The molecule has 4 rings (SSSR count). The van der Waals surface area contributed by atoms with Crippen molar-refractivity contribution in [3.05, 3.63) is 108 Å². The normalized spacial score (nSPS) is 21.3. The van der Waals surface area contributed by atoms with E-state index in [1.54, 1.807) is 7.11 Å². The summed E-state index contributed by atoms with van der Waals surface area (Å²) in [6, 6.07) is 31.1. The van der Waals surface area contributed by atoms with E-state index in [4.69, 9.17) is 34.2 Å². The molecule has 1 aliphatic heterocycles. The second kappa shape index (κ2) is 15.8. The number of hydrogen-bond acceptors (Lipinski definition) is 6. The summed E-state index contributed by atoms with van der Waals surface area (Å²) in [6.45, 7) is 22.8. The molecular formula is C41H58O6Si2. The number of benzene rings is 3. The van der Waals surface area contributed by atoms with Gasteiger partial charge in [-0.25, -0.2) is 0 Å². The molecule has 1 heterocycles. The van der Waals surface area contributed by atoms with Gasteiger partial charge in [0.25, 0.3) is 0 Å². The monoisotopic (exact) mass is 702 g/mol. The van der Waals surface area contributed by atoms with Crippen LogP contribution in [0.2, 0.25) is 36.3 Å². The van der Waals surface area contributed by atoms with Crippen molar-refractivity contribution in [1.82, 2.24) is 0 Å². The van der Waals surface area contributed by atoms with Crippen LogP contribution in [-0.2, 0) is 33.4 Å². The summed E-state index contributed by atoms with van der Waals surface area (Å²) in [7, 11) is -3.12. The summed E-state index contributed by atoms with van der Waals surface area (Å²) in [6.07, 6.45) is 3.38. The second-order valence-electron chi connectivity index (χ2n) is 16.1. The van der Waals surface area contributed by atoms with Gasteiger partial charge in [-0.2, -0.15) is 0 Å². The molecule has 0 unspecified atom stereocenters. The highest BCUT2D eigenvalue weighted by Gasteiger charge is 2.56. The highest BCUT2D eigenvalue weighted by Crippen LogP contribution is 2.46. The van der Waals surface area contributed by atoms with Gasteiger partial charge in [-0.15, -0.1) is 6.42 Å². The average molecular weight is 703 g/mol. The molecule has 3 aromatic rings. The standard InChI is InChI=1S/C41H58O6Si2/c1-13-34(43-30-42-8)36-38(47-49(11,12)40(5,6)7)37(46-48(9,10)39(2,3)4)35(45-36)29-44-41(31-23-17-14-18-24-31,32-25-19-15-20-26-32)33-27-21-16-22-28-33/h1,14-28,34-38H,29-30H2,2-12H3/t34-,35+,36+,37+,38+/m0/s1. The average Bonchev–Trinajstić information content (AvgIpc) is 3.37. The van der Waals surface area contributed by atoms with E-state index >= 15 is 0 Å². The highest BCUT2D eigenvalue weighted by atomic mass is 28.4. The summed E-state index contributed by atoms with van der Waals surface area (Å²) >= 11 is 0. The van der Waals surface area contributed by atoms with Crippen LogP contribution in [0.15, 0.2) is 91.0 Å². The van der Waals surface area contributed by atoms with E-state index in [0.29, 0.717) is 0 Å². The Bertz CT molecular complexity index is 1400.